The second kappa shape index (κ2) is 9.30. The van der Waals surface area contributed by atoms with Crippen molar-refractivity contribution in [3.8, 4) is 23.0 Å². The predicted octanol–water partition coefficient (Wildman–Crippen LogP) is 5.73. The first-order chi connectivity index (χ1) is 14.2. The van der Waals surface area contributed by atoms with Gasteiger partial charge in [0, 0.05) is 21.7 Å². The van der Waals surface area contributed by atoms with Crippen molar-refractivity contribution >= 4 is 34.7 Å². The third kappa shape index (κ3) is 5.29. The Morgan fingerprint density at radius 3 is 2.55 bits per heavy atom. The quantitative estimate of drug-likeness (QED) is 0.321. The standard InChI is InChI=1S/C20H16ClN3O3S2/c1-25-16-6-2-13(3-7-16)19-23-24-20(27-19)29-12-15-11-28-18(22-15)10-26-17-8-4-14(21)5-9-17/h2-9,11H,10,12H2,1H3. The fourth-order valence-corrected chi connectivity index (χ4v) is 4.00. The molecule has 6 nitrogen and oxygen atoms in total. The van der Waals surface area contributed by atoms with Crippen molar-refractivity contribution in [2.45, 2.75) is 17.6 Å². The van der Waals surface area contributed by atoms with Crippen LogP contribution in [0.1, 0.15) is 10.7 Å². The van der Waals surface area contributed by atoms with Crippen molar-refractivity contribution in [3.05, 3.63) is 69.6 Å². The van der Waals surface area contributed by atoms with Gasteiger partial charge in [0.05, 0.1) is 12.8 Å². The van der Waals surface area contributed by atoms with E-state index < -0.39 is 0 Å². The third-order valence-electron chi connectivity index (χ3n) is 3.86. The lowest BCUT2D eigenvalue weighted by Crippen LogP contribution is -1.95. The molecule has 0 radical (unpaired) electrons. The van der Waals surface area contributed by atoms with E-state index in [0.717, 1.165) is 27.8 Å². The largest absolute Gasteiger partial charge is 0.497 e. The molecule has 0 bridgehead atoms. The molecule has 4 aromatic rings. The molecule has 0 atom stereocenters. The summed E-state index contributed by atoms with van der Waals surface area (Å²) in [7, 11) is 1.63. The van der Waals surface area contributed by atoms with E-state index in [4.69, 9.17) is 25.5 Å². The van der Waals surface area contributed by atoms with Crippen molar-refractivity contribution in [2.24, 2.45) is 0 Å². The average molecular weight is 446 g/mol. The first-order valence-electron chi connectivity index (χ1n) is 8.62. The molecule has 0 fully saturated rings. The van der Waals surface area contributed by atoms with Crippen LogP contribution < -0.4 is 9.47 Å². The van der Waals surface area contributed by atoms with Gasteiger partial charge < -0.3 is 13.9 Å². The summed E-state index contributed by atoms with van der Waals surface area (Å²) >= 11 is 8.88. The monoisotopic (exact) mass is 445 g/mol. The minimum absolute atomic E-state index is 0.416. The van der Waals surface area contributed by atoms with Crippen LogP contribution in [0.3, 0.4) is 0 Å². The number of aromatic nitrogens is 3. The van der Waals surface area contributed by atoms with Crippen LogP contribution in [-0.4, -0.2) is 22.3 Å². The first-order valence-corrected chi connectivity index (χ1v) is 10.9. The summed E-state index contributed by atoms with van der Waals surface area (Å²) in [4.78, 5) is 4.58. The lowest BCUT2D eigenvalue weighted by atomic mass is 10.2. The molecule has 9 heteroatoms. The van der Waals surface area contributed by atoms with Crippen LogP contribution in [0.25, 0.3) is 11.5 Å². The smallest absolute Gasteiger partial charge is 0.277 e. The SMILES string of the molecule is COc1ccc(-c2nnc(SCc3csc(COc4ccc(Cl)cc4)n3)o2)cc1. The highest BCUT2D eigenvalue weighted by atomic mass is 35.5. The fraction of sp³-hybridized carbons (Fsp3) is 0.150. The summed E-state index contributed by atoms with van der Waals surface area (Å²) in [5, 5.41) is 12.3. The topological polar surface area (TPSA) is 70.3 Å². The lowest BCUT2D eigenvalue weighted by Gasteiger charge is -2.03. The van der Waals surface area contributed by atoms with Crippen molar-refractivity contribution in [3.63, 3.8) is 0 Å². The molecule has 0 saturated carbocycles. The van der Waals surface area contributed by atoms with E-state index in [2.05, 4.69) is 15.2 Å². The minimum Gasteiger partial charge on any atom is -0.497 e. The number of rotatable bonds is 8. The molecule has 0 spiro atoms. The maximum Gasteiger partial charge on any atom is 0.277 e. The molecule has 2 aromatic carbocycles. The number of benzene rings is 2. The van der Waals surface area contributed by atoms with Crippen LogP contribution in [0, 0.1) is 0 Å². The molecule has 0 aliphatic rings. The highest BCUT2D eigenvalue weighted by Gasteiger charge is 2.11. The Kier molecular flexibility index (Phi) is 6.33. The second-order valence-corrected chi connectivity index (χ2v) is 8.17. The van der Waals surface area contributed by atoms with E-state index in [-0.39, 0.29) is 0 Å². The van der Waals surface area contributed by atoms with E-state index in [0.29, 0.717) is 28.5 Å². The highest BCUT2D eigenvalue weighted by molar-refractivity contribution is 7.98. The number of hydrogen-bond acceptors (Lipinski definition) is 8. The second-order valence-electron chi connectivity index (χ2n) is 5.87. The van der Waals surface area contributed by atoms with Gasteiger partial charge in [-0.15, -0.1) is 21.5 Å². The zero-order valence-electron chi connectivity index (χ0n) is 15.4. The van der Waals surface area contributed by atoms with Crippen molar-refractivity contribution in [2.75, 3.05) is 7.11 Å². The predicted molar refractivity (Wildman–Crippen MR) is 114 cm³/mol. The zero-order valence-corrected chi connectivity index (χ0v) is 17.8. The van der Waals surface area contributed by atoms with E-state index in [1.807, 2.05) is 41.8 Å². The molecule has 0 N–H and O–H groups in total. The third-order valence-corrected chi connectivity index (χ3v) is 5.84. The van der Waals surface area contributed by atoms with Crippen molar-refractivity contribution in [1.82, 2.24) is 15.2 Å². The first kappa shape index (κ1) is 19.8. The Labute approximate surface area is 180 Å². The van der Waals surface area contributed by atoms with Crippen molar-refractivity contribution in [1.29, 1.82) is 0 Å². The number of halogens is 1. The molecule has 0 aliphatic carbocycles. The Balaban J connectivity index is 1.30. The number of nitrogens with zero attached hydrogens (tertiary/aromatic N) is 3. The van der Waals surface area contributed by atoms with Gasteiger partial charge >= 0.3 is 0 Å². The Bertz CT molecular complexity index is 1070. The number of thiazole rings is 1. The molecule has 4 rings (SSSR count). The fourth-order valence-electron chi connectivity index (χ4n) is 2.41. The Hall–Kier alpha value is -2.55. The molecule has 0 unspecified atom stereocenters. The number of thioether (sulfide) groups is 1. The van der Waals surface area contributed by atoms with Gasteiger partial charge in [-0.25, -0.2) is 4.98 Å². The molecule has 0 saturated heterocycles. The summed E-state index contributed by atoms with van der Waals surface area (Å²) in [6, 6.07) is 14.7. The van der Waals surface area contributed by atoms with Gasteiger partial charge in [-0.1, -0.05) is 23.4 Å². The number of ether oxygens (including phenoxy) is 2. The van der Waals surface area contributed by atoms with Crippen LogP contribution >= 0.6 is 34.7 Å². The molecular weight excluding hydrogens is 430 g/mol. The number of methoxy groups -OCH3 is 1. The molecule has 29 heavy (non-hydrogen) atoms. The Morgan fingerprint density at radius 1 is 1.03 bits per heavy atom. The molecule has 2 aromatic heterocycles. The van der Waals surface area contributed by atoms with Gasteiger partial charge in [-0.2, -0.15) is 0 Å². The summed E-state index contributed by atoms with van der Waals surface area (Å²) in [5.74, 6) is 2.66. The van der Waals surface area contributed by atoms with Gasteiger partial charge in [0.2, 0.25) is 5.89 Å². The summed E-state index contributed by atoms with van der Waals surface area (Å²) in [6.45, 7) is 0.416. The van der Waals surface area contributed by atoms with E-state index in [9.17, 15) is 0 Å². The molecular formula is C20H16ClN3O3S2. The molecule has 0 amide bonds. The van der Waals surface area contributed by atoms with Crippen LogP contribution in [0.2, 0.25) is 5.02 Å². The van der Waals surface area contributed by atoms with Crippen molar-refractivity contribution < 1.29 is 13.9 Å². The molecule has 148 valence electrons. The number of hydrogen-bond donors (Lipinski definition) is 0. The van der Waals surface area contributed by atoms with Crippen LogP contribution in [0.5, 0.6) is 11.5 Å². The highest BCUT2D eigenvalue weighted by Crippen LogP contribution is 2.27. The summed E-state index contributed by atoms with van der Waals surface area (Å²) < 4.78 is 16.6. The molecule has 2 heterocycles. The van der Waals surface area contributed by atoms with Gasteiger partial charge in [0.15, 0.2) is 0 Å². The Morgan fingerprint density at radius 2 is 1.79 bits per heavy atom. The van der Waals surface area contributed by atoms with E-state index in [1.54, 1.807) is 30.6 Å². The molecule has 0 aliphatic heterocycles. The van der Waals surface area contributed by atoms with Crippen LogP contribution in [0.4, 0.5) is 0 Å². The summed E-state index contributed by atoms with van der Waals surface area (Å²) in [5.41, 5.74) is 1.79. The summed E-state index contributed by atoms with van der Waals surface area (Å²) in [6.07, 6.45) is 0. The van der Waals surface area contributed by atoms with Crippen LogP contribution in [-0.2, 0) is 12.4 Å². The lowest BCUT2D eigenvalue weighted by molar-refractivity contribution is 0.305. The van der Waals surface area contributed by atoms with Crippen LogP contribution in [0.15, 0.2) is 63.6 Å². The maximum atomic E-state index is 5.88. The minimum atomic E-state index is 0.416. The van der Waals surface area contributed by atoms with Gasteiger partial charge in [0.25, 0.3) is 5.22 Å². The van der Waals surface area contributed by atoms with Gasteiger partial charge in [0.1, 0.15) is 23.1 Å². The van der Waals surface area contributed by atoms with Gasteiger partial charge in [-0.3, -0.25) is 0 Å². The average Bonchev–Trinajstić information content (AvgIpc) is 3.41. The van der Waals surface area contributed by atoms with E-state index in [1.165, 1.54) is 11.8 Å². The van der Waals surface area contributed by atoms with E-state index >= 15 is 0 Å². The zero-order chi connectivity index (χ0) is 20.1. The van der Waals surface area contributed by atoms with Gasteiger partial charge in [-0.05, 0) is 48.5 Å². The maximum absolute atomic E-state index is 5.88. The normalized spacial score (nSPS) is 10.8.